The summed E-state index contributed by atoms with van der Waals surface area (Å²) >= 11 is 7.65. The normalized spacial score (nSPS) is 20.6. The Morgan fingerprint density at radius 2 is 2.44 bits per heavy atom. The number of halogens is 1. The van der Waals surface area contributed by atoms with E-state index in [0.29, 0.717) is 5.28 Å². The zero-order valence-electron chi connectivity index (χ0n) is 10.1. The molecule has 4 nitrogen and oxygen atoms in total. The number of anilines is 1. The van der Waals surface area contributed by atoms with Gasteiger partial charge in [-0.2, -0.15) is 4.98 Å². The van der Waals surface area contributed by atoms with Crippen LogP contribution in [0.5, 0.6) is 0 Å². The first-order valence-corrected chi connectivity index (χ1v) is 7.31. The average Bonchev–Trinajstić information content (AvgIpc) is 2.85. The van der Waals surface area contributed by atoms with Crippen LogP contribution >= 0.6 is 22.9 Å². The molecular weight excluding hydrogens is 270 g/mol. The molecule has 1 unspecified atom stereocenters. The fourth-order valence-corrected chi connectivity index (χ4v) is 3.21. The summed E-state index contributed by atoms with van der Waals surface area (Å²) in [6.07, 6.45) is 1.30. The molecular formula is C12H14ClN3OS. The highest BCUT2D eigenvalue weighted by atomic mass is 35.5. The van der Waals surface area contributed by atoms with Crippen molar-refractivity contribution >= 4 is 39.0 Å². The number of aromatic nitrogens is 2. The number of rotatable bonds is 2. The van der Waals surface area contributed by atoms with Gasteiger partial charge in [-0.15, -0.1) is 11.3 Å². The predicted molar refractivity (Wildman–Crippen MR) is 74.7 cm³/mol. The molecule has 0 spiro atoms. The summed E-state index contributed by atoms with van der Waals surface area (Å²) in [5.74, 6) is 0.946. The van der Waals surface area contributed by atoms with Gasteiger partial charge in [-0.3, -0.25) is 0 Å². The highest BCUT2D eigenvalue weighted by Gasteiger charge is 2.22. The summed E-state index contributed by atoms with van der Waals surface area (Å²) in [5, 5.41) is 2.34. The molecule has 0 N–H and O–H groups in total. The third-order valence-corrected chi connectivity index (χ3v) is 4.22. The van der Waals surface area contributed by atoms with Crippen LogP contribution in [0.3, 0.4) is 0 Å². The van der Waals surface area contributed by atoms with Gasteiger partial charge in [-0.05, 0) is 29.5 Å². The van der Waals surface area contributed by atoms with Crippen LogP contribution in [0.15, 0.2) is 11.4 Å². The van der Waals surface area contributed by atoms with E-state index in [-0.39, 0.29) is 6.10 Å². The van der Waals surface area contributed by atoms with Gasteiger partial charge in [0, 0.05) is 13.1 Å². The molecule has 3 rings (SSSR count). The van der Waals surface area contributed by atoms with E-state index >= 15 is 0 Å². The third kappa shape index (κ3) is 2.18. The smallest absolute Gasteiger partial charge is 0.224 e. The molecule has 6 heteroatoms. The zero-order chi connectivity index (χ0) is 12.5. The van der Waals surface area contributed by atoms with E-state index in [1.54, 1.807) is 11.3 Å². The molecule has 2 aromatic rings. The van der Waals surface area contributed by atoms with Gasteiger partial charge in [-0.1, -0.05) is 6.92 Å². The number of nitrogens with zero attached hydrogens (tertiary/aromatic N) is 3. The zero-order valence-corrected chi connectivity index (χ0v) is 11.7. The number of hydrogen-bond donors (Lipinski definition) is 0. The van der Waals surface area contributed by atoms with Crippen molar-refractivity contribution in [3.63, 3.8) is 0 Å². The fraction of sp³-hybridized carbons (Fsp3) is 0.500. The molecule has 1 atom stereocenters. The maximum absolute atomic E-state index is 5.99. The predicted octanol–water partition coefficient (Wildman–Crippen LogP) is 2.96. The fourth-order valence-electron chi connectivity index (χ4n) is 2.19. The minimum Gasteiger partial charge on any atom is -0.375 e. The van der Waals surface area contributed by atoms with Gasteiger partial charge in [0.05, 0.1) is 22.9 Å². The Morgan fingerprint density at radius 3 is 3.28 bits per heavy atom. The van der Waals surface area contributed by atoms with Crippen LogP contribution in [0.25, 0.3) is 10.2 Å². The summed E-state index contributed by atoms with van der Waals surface area (Å²) in [4.78, 5) is 10.9. The van der Waals surface area contributed by atoms with Crippen LogP contribution in [0, 0.1) is 0 Å². The molecule has 2 aromatic heterocycles. The molecule has 96 valence electrons. The van der Waals surface area contributed by atoms with Crippen LogP contribution in [0.2, 0.25) is 5.28 Å². The summed E-state index contributed by atoms with van der Waals surface area (Å²) in [5.41, 5.74) is 0.926. The maximum atomic E-state index is 5.99. The molecule has 0 saturated carbocycles. The van der Waals surface area contributed by atoms with E-state index in [9.17, 15) is 0 Å². The van der Waals surface area contributed by atoms with E-state index in [2.05, 4.69) is 21.8 Å². The summed E-state index contributed by atoms with van der Waals surface area (Å²) in [7, 11) is 0. The van der Waals surface area contributed by atoms with Crippen molar-refractivity contribution in [2.75, 3.05) is 24.6 Å². The number of morpholine rings is 1. The van der Waals surface area contributed by atoms with Gasteiger partial charge in [0.1, 0.15) is 0 Å². The Hall–Kier alpha value is -0.910. The van der Waals surface area contributed by atoms with Crippen LogP contribution in [-0.4, -0.2) is 35.8 Å². The van der Waals surface area contributed by atoms with E-state index in [0.717, 1.165) is 42.2 Å². The first-order chi connectivity index (χ1) is 8.78. The first-order valence-electron chi connectivity index (χ1n) is 6.05. The lowest BCUT2D eigenvalue weighted by Gasteiger charge is -2.33. The van der Waals surface area contributed by atoms with Gasteiger partial charge >= 0.3 is 0 Å². The lowest BCUT2D eigenvalue weighted by molar-refractivity contribution is 0.0383. The molecule has 18 heavy (non-hydrogen) atoms. The third-order valence-electron chi connectivity index (χ3n) is 3.15. The van der Waals surface area contributed by atoms with Crippen LogP contribution in [0.4, 0.5) is 5.82 Å². The minimum absolute atomic E-state index is 0.280. The molecule has 1 aliphatic rings. The minimum atomic E-state index is 0.280. The van der Waals surface area contributed by atoms with Crippen LogP contribution in [-0.2, 0) is 4.74 Å². The lowest BCUT2D eigenvalue weighted by Crippen LogP contribution is -2.42. The van der Waals surface area contributed by atoms with Crippen molar-refractivity contribution in [3.8, 4) is 0 Å². The van der Waals surface area contributed by atoms with E-state index in [4.69, 9.17) is 16.3 Å². The quantitative estimate of drug-likeness (QED) is 0.794. The summed E-state index contributed by atoms with van der Waals surface area (Å²) in [6, 6.07) is 1.98. The Bertz CT molecular complexity index is 559. The van der Waals surface area contributed by atoms with Crippen molar-refractivity contribution < 1.29 is 4.74 Å². The van der Waals surface area contributed by atoms with Crippen molar-refractivity contribution in [1.29, 1.82) is 0 Å². The second-order valence-electron chi connectivity index (χ2n) is 4.30. The Morgan fingerprint density at radius 1 is 1.56 bits per heavy atom. The number of fused-ring (bicyclic) bond motifs is 1. The van der Waals surface area contributed by atoms with Gasteiger partial charge in [0.25, 0.3) is 0 Å². The Labute approximate surface area is 115 Å². The molecule has 1 fully saturated rings. The van der Waals surface area contributed by atoms with E-state index in [1.807, 2.05) is 11.4 Å². The molecule has 0 bridgehead atoms. The van der Waals surface area contributed by atoms with Crippen molar-refractivity contribution in [2.24, 2.45) is 0 Å². The molecule has 0 aliphatic carbocycles. The molecule has 0 radical (unpaired) electrons. The SMILES string of the molecule is CCC1CN(c2nc(Cl)nc3ccsc23)CCO1. The number of thiophene rings is 1. The van der Waals surface area contributed by atoms with Crippen molar-refractivity contribution in [1.82, 2.24) is 9.97 Å². The standard InChI is InChI=1S/C12H14ClN3OS/c1-2-8-7-16(4-5-17-8)11-10-9(3-6-18-10)14-12(13)15-11/h3,6,8H,2,4-5,7H2,1H3. The highest BCUT2D eigenvalue weighted by molar-refractivity contribution is 7.17. The Balaban J connectivity index is 2.00. The van der Waals surface area contributed by atoms with Gasteiger partial charge in [0.15, 0.2) is 5.82 Å². The van der Waals surface area contributed by atoms with Gasteiger partial charge in [0.2, 0.25) is 5.28 Å². The van der Waals surface area contributed by atoms with Gasteiger partial charge < -0.3 is 9.64 Å². The van der Waals surface area contributed by atoms with Crippen molar-refractivity contribution in [3.05, 3.63) is 16.7 Å². The second-order valence-corrected chi connectivity index (χ2v) is 5.55. The van der Waals surface area contributed by atoms with Crippen LogP contribution in [0.1, 0.15) is 13.3 Å². The monoisotopic (exact) mass is 283 g/mol. The van der Waals surface area contributed by atoms with Crippen LogP contribution < -0.4 is 4.90 Å². The summed E-state index contributed by atoms with van der Waals surface area (Å²) in [6.45, 7) is 4.61. The number of ether oxygens (including phenoxy) is 1. The lowest BCUT2D eigenvalue weighted by atomic mass is 10.2. The average molecular weight is 284 g/mol. The molecule has 0 amide bonds. The molecule has 0 aromatic carbocycles. The van der Waals surface area contributed by atoms with Gasteiger partial charge in [-0.25, -0.2) is 4.98 Å². The molecule has 1 saturated heterocycles. The highest BCUT2D eigenvalue weighted by Crippen LogP contribution is 2.31. The first kappa shape index (κ1) is 12.1. The van der Waals surface area contributed by atoms with E-state index in [1.165, 1.54) is 0 Å². The van der Waals surface area contributed by atoms with E-state index < -0.39 is 0 Å². The largest absolute Gasteiger partial charge is 0.375 e. The maximum Gasteiger partial charge on any atom is 0.224 e. The van der Waals surface area contributed by atoms with Crippen molar-refractivity contribution in [2.45, 2.75) is 19.4 Å². The summed E-state index contributed by atoms with van der Waals surface area (Å²) < 4.78 is 6.80. The Kier molecular flexibility index (Phi) is 3.37. The topological polar surface area (TPSA) is 38.2 Å². The second kappa shape index (κ2) is 4.99. The molecule has 3 heterocycles. The molecule has 1 aliphatic heterocycles. The number of hydrogen-bond acceptors (Lipinski definition) is 5.